The van der Waals surface area contributed by atoms with Crippen LogP contribution in [-0.2, 0) is 17.9 Å². The lowest BCUT2D eigenvalue weighted by molar-refractivity contribution is -0.114. The van der Waals surface area contributed by atoms with Crippen LogP contribution in [0.5, 0.6) is 0 Å². The van der Waals surface area contributed by atoms with Gasteiger partial charge in [-0.2, -0.15) is 0 Å². The lowest BCUT2D eigenvalue weighted by Gasteiger charge is -2.20. The Hall–Kier alpha value is -3.16. The van der Waals surface area contributed by atoms with E-state index in [9.17, 15) is 4.79 Å². The second-order valence-electron chi connectivity index (χ2n) is 6.75. The van der Waals surface area contributed by atoms with E-state index in [0.717, 1.165) is 33.5 Å². The first kappa shape index (κ1) is 20.6. The van der Waals surface area contributed by atoms with Crippen LogP contribution in [-0.4, -0.2) is 10.9 Å². The van der Waals surface area contributed by atoms with E-state index in [-0.39, 0.29) is 5.91 Å². The van der Waals surface area contributed by atoms with Gasteiger partial charge < -0.3 is 22.1 Å². The molecule has 0 radical (unpaired) electrons. The number of benzene rings is 1. The third kappa shape index (κ3) is 4.64. The number of nitrogens with one attached hydrogen (secondary N) is 2. The maximum atomic E-state index is 11.3. The number of pyridine rings is 1. The van der Waals surface area contributed by atoms with E-state index >= 15 is 0 Å². The largest absolute Gasteiger partial charge is 0.383 e. The Kier molecular flexibility index (Phi) is 6.31. The molecule has 0 spiro atoms. The average molecular weight is 408 g/mol. The van der Waals surface area contributed by atoms with Gasteiger partial charge in [-0.25, -0.2) is 4.98 Å². The van der Waals surface area contributed by atoms with Crippen molar-refractivity contribution in [2.45, 2.75) is 26.9 Å². The monoisotopic (exact) mass is 407 g/mol. The zero-order chi connectivity index (χ0) is 21.0. The number of rotatable bonds is 7. The number of aromatic nitrogens is 1. The van der Waals surface area contributed by atoms with Crippen LogP contribution < -0.4 is 22.1 Å². The fraction of sp³-hybridized carbons (Fsp3) is 0.182. The molecule has 150 valence electrons. The third-order valence-corrected chi connectivity index (χ3v) is 5.34. The SMILES string of the molecule is C=C(C)c1c(N)nc(NCc2cccs2)c(CN)c1-c1ccc(NC(C)=O)cc1. The van der Waals surface area contributed by atoms with Crippen LogP contribution in [0, 0.1) is 0 Å². The summed E-state index contributed by atoms with van der Waals surface area (Å²) in [6, 6.07) is 11.7. The number of thiophene rings is 1. The molecule has 6 N–H and O–H groups in total. The molecule has 0 saturated carbocycles. The number of nitrogens with zero attached hydrogens (tertiary/aromatic N) is 1. The van der Waals surface area contributed by atoms with Crippen LogP contribution in [0.2, 0.25) is 0 Å². The number of amides is 1. The summed E-state index contributed by atoms with van der Waals surface area (Å²) in [5.41, 5.74) is 17.5. The van der Waals surface area contributed by atoms with Crippen molar-refractivity contribution in [2.75, 3.05) is 16.4 Å². The van der Waals surface area contributed by atoms with Crippen molar-refractivity contribution < 1.29 is 4.79 Å². The van der Waals surface area contributed by atoms with Crippen molar-refractivity contribution in [3.63, 3.8) is 0 Å². The van der Waals surface area contributed by atoms with Gasteiger partial charge >= 0.3 is 0 Å². The molecule has 0 aliphatic rings. The van der Waals surface area contributed by atoms with Crippen molar-refractivity contribution in [1.29, 1.82) is 0 Å². The molecule has 0 atom stereocenters. The lowest BCUT2D eigenvalue weighted by Crippen LogP contribution is -2.13. The number of nitrogen functional groups attached to an aromatic ring is 1. The van der Waals surface area contributed by atoms with Crippen molar-refractivity contribution in [3.05, 3.63) is 64.4 Å². The molecule has 0 aliphatic carbocycles. The quantitative estimate of drug-likeness (QED) is 0.463. The minimum atomic E-state index is -0.115. The Morgan fingerprint density at radius 3 is 2.48 bits per heavy atom. The van der Waals surface area contributed by atoms with Gasteiger partial charge in [-0.1, -0.05) is 24.8 Å². The minimum Gasteiger partial charge on any atom is -0.383 e. The Balaban J connectivity index is 2.09. The average Bonchev–Trinajstić information content (AvgIpc) is 3.19. The maximum Gasteiger partial charge on any atom is 0.221 e. The highest BCUT2D eigenvalue weighted by Gasteiger charge is 2.20. The number of carbonyl (C=O) groups is 1. The second-order valence-corrected chi connectivity index (χ2v) is 7.78. The Morgan fingerprint density at radius 1 is 1.21 bits per heavy atom. The molecule has 3 rings (SSSR count). The number of hydrogen-bond donors (Lipinski definition) is 4. The first-order chi connectivity index (χ1) is 13.9. The van der Waals surface area contributed by atoms with E-state index in [4.69, 9.17) is 11.5 Å². The molecule has 1 aromatic carbocycles. The van der Waals surface area contributed by atoms with Crippen molar-refractivity contribution >= 4 is 40.1 Å². The van der Waals surface area contributed by atoms with Gasteiger partial charge in [-0.15, -0.1) is 11.3 Å². The van der Waals surface area contributed by atoms with Crippen molar-refractivity contribution in [3.8, 4) is 11.1 Å². The number of allylic oxidation sites excluding steroid dienone is 1. The zero-order valence-electron chi connectivity index (χ0n) is 16.6. The minimum absolute atomic E-state index is 0.115. The third-order valence-electron chi connectivity index (χ3n) is 4.46. The highest BCUT2D eigenvalue weighted by atomic mass is 32.1. The molecule has 2 aromatic heterocycles. The van der Waals surface area contributed by atoms with Crippen LogP contribution in [0.3, 0.4) is 0 Å². The number of nitrogens with two attached hydrogens (primary N) is 2. The predicted molar refractivity (Wildman–Crippen MR) is 123 cm³/mol. The van der Waals surface area contributed by atoms with Gasteiger partial charge in [0.15, 0.2) is 0 Å². The summed E-state index contributed by atoms with van der Waals surface area (Å²) in [5.74, 6) is 0.963. The maximum absolute atomic E-state index is 11.3. The second kappa shape index (κ2) is 8.89. The highest BCUT2D eigenvalue weighted by Crippen LogP contribution is 2.38. The fourth-order valence-electron chi connectivity index (χ4n) is 3.24. The predicted octanol–water partition coefficient (Wildman–Crippen LogP) is 4.45. The Labute approximate surface area is 174 Å². The molecule has 6 nitrogen and oxygen atoms in total. The summed E-state index contributed by atoms with van der Waals surface area (Å²) in [6.07, 6.45) is 0. The number of anilines is 3. The number of hydrogen-bond acceptors (Lipinski definition) is 6. The summed E-state index contributed by atoms with van der Waals surface area (Å²) in [4.78, 5) is 17.1. The van der Waals surface area contributed by atoms with Crippen LogP contribution in [0.25, 0.3) is 16.7 Å². The summed E-state index contributed by atoms with van der Waals surface area (Å²) < 4.78 is 0. The Morgan fingerprint density at radius 2 is 1.93 bits per heavy atom. The van der Waals surface area contributed by atoms with Gasteiger partial charge in [-0.3, -0.25) is 4.79 Å². The molecular weight excluding hydrogens is 382 g/mol. The van der Waals surface area contributed by atoms with E-state index in [2.05, 4.69) is 28.3 Å². The van der Waals surface area contributed by atoms with E-state index in [0.29, 0.717) is 24.7 Å². The first-order valence-electron chi connectivity index (χ1n) is 9.23. The summed E-state index contributed by atoms with van der Waals surface area (Å²) in [5, 5.41) is 8.19. The molecule has 1 amide bonds. The molecule has 0 unspecified atom stereocenters. The topological polar surface area (TPSA) is 106 Å². The molecule has 2 heterocycles. The van der Waals surface area contributed by atoms with E-state index in [1.807, 2.05) is 42.6 Å². The van der Waals surface area contributed by atoms with Crippen LogP contribution in [0.15, 0.2) is 48.4 Å². The van der Waals surface area contributed by atoms with Gasteiger partial charge in [0.1, 0.15) is 11.6 Å². The van der Waals surface area contributed by atoms with Crippen LogP contribution in [0.4, 0.5) is 17.3 Å². The van der Waals surface area contributed by atoms with Crippen LogP contribution >= 0.6 is 11.3 Å². The van der Waals surface area contributed by atoms with Gasteiger partial charge in [0.25, 0.3) is 0 Å². The highest BCUT2D eigenvalue weighted by molar-refractivity contribution is 7.09. The van der Waals surface area contributed by atoms with Gasteiger partial charge in [0.05, 0.1) is 6.54 Å². The molecule has 7 heteroatoms. The Bertz CT molecular complexity index is 1030. The first-order valence-corrected chi connectivity index (χ1v) is 10.1. The normalized spacial score (nSPS) is 10.6. The molecule has 0 aliphatic heterocycles. The summed E-state index contributed by atoms with van der Waals surface area (Å²) in [6.45, 7) is 8.41. The lowest BCUT2D eigenvalue weighted by atomic mass is 9.91. The zero-order valence-corrected chi connectivity index (χ0v) is 17.4. The number of carbonyl (C=O) groups excluding carboxylic acids is 1. The fourth-order valence-corrected chi connectivity index (χ4v) is 3.89. The van der Waals surface area contributed by atoms with E-state index < -0.39 is 0 Å². The summed E-state index contributed by atoms with van der Waals surface area (Å²) >= 11 is 1.67. The summed E-state index contributed by atoms with van der Waals surface area (Å²) in [7, 11) is 0. The van der Waals surface area contributed by atoms with Gasteiger partial charge in [0.2, 0.25) is 5.91 Å². The molecule has 0 fully saturated rings. The van der Waals surface area contributed by atoms with Crippen molar-refractivity contribution in [1.82, 2.24) is 4.98 Å². The van der Waals surface area contributed by atoms with E-state index in [1.54, 1.807) is 11.3 Å². The smallest absolute Gasteiger partial charge is 0.221 e. The standard InChI is InChI=1S/C22H25N5OS/c1-13(2)19-20(15-6-8-16(9-7-15)26-14(3)28)18(11-23)22(27-21(19)24)25-12-17-5-4-10-29-17/h4-10H,1,11-12,23H2,2-3H3,(H,26,28)(H3,24,25,27). The molecule has 0 bridgehead atoms. The van der Waals surface area contributed by atoms with Gasteiger partial charge in [0, 0.05) is 40.7 Å². The van der Waals surface area contributed by atoms with Crippen molar-refractivity contribution in [2.24, 2.45) is 5.73 Å². The molecule has 3 aromatic rings. The van der Waals surface area contributed by atoms with E-state index in [1.165, 1.54) is 11.8 Å². The van der Waals surface area contributed by atoms with Crippen LogP contribution in [0.1, 0.15) is 29.9 Å². The molecular formula is C22H25N5OS. The molecule has 0 saturated heterocycles. The molecule has 29 heavy (non-hydrogen) atoms. The van der Waals surface area contributed by atoms with Gasteiger partial charge in [-0.05, 0) is 41.6 Å².